The van der Waals surface area contributed by atoms with Gasteiger partial charge in [0, 0.05) is 5.69 Å². The predicted molar refractivity (Wildman–Crippen MR) is 127 cm³/mol. The fraction of sp³-hybridized carbons (Fsp3) is 0.240. The quantitative estimate of drug-likeness (QED) is 0.354. The summed E-state index contributed by atoms with van der Waals surface area (Å²) < 4.78 is 59.5. The topological polar surface area (TPSA) is 111 Å². The number of methoxy groups -OCH3 is 1. The zero-order chi connectivity index (χ0) is 27.8. The average molecular weight is 528 g/mol. The van der Waals surface area contributed by atoms with Crippen LogP contribution in [0.3, 0.4) is 0 Å². The highest BCUT2D eigenvalue weighted by atomic mass is 19.4. The molecule has 38 heavy (non-hydrogen) atoms. The van der Waals surface area contributed by atoms with Crippen LogP contribution in [0, 0.1) is 17.1 Å². The maximum Gasteiger partial charge on any atom is 0.417 e. The molecule has 2 heterocycles. The van der Waals surface area contributed by atoms with Gasteiger partial charge in [-0.1, -0.05) is 6.07 Å². The highest BCUT2D eigenvalue weighted by Crippen LogP contribution is 2.38. The monoisotopic (exact) mass is 528 g/mol. The molecule has 9 nitrogen and oxygen atoms in total. The van der Waals surface area contributed by atoms with Crippen LogP contribution in [0.1, 0.15) is 30.5 Å². The second kappa shape index (κ2) is 9.62. The molecule has 1 aromatic heterocycles. The van der Waals surface area contributed by atoms with E-state index in [0.717, 1.165) is 12.1 Å². The number of halogens is 4. The van der Waals surface area contributed by atoms with E-state index in [-0.39, 0.29) is 23.9 Å². The molecule has 4 rings (SSSR count). The van der Waals surface area contributed by atoms with Crippen molar-refractivity contribution in [2.75, 3.05) is 17.3 Å². The van der Waals surface area contributed by atoms with Crippen molar-refractivity contribution >= 4 is 29.0 Å². The van der Waals surface area contributed by atoms with E-state index in [1.165, 1.54) is 62.5 Å². The van der Waals surface area contributed by atoms with Crippen LogP contribution in [-0.4, -0.2) is 39.5 Å². The molecule has 0 atom stereocenters. The predicted octanol–water partition coefficient (Wildman–Crippen LogP) is 5.01. The summed E-state index contributed by atoms with van der Waals surface area (Å²) in [5, 5.41) is 12.0. The van der Waals surface area contributed by atoms with E-state index in [9.17, 15) is 27.2 Å². The molecule has 0 aliphatic carbocycles. The molecule has 2 aromatic carbocycles. The lowest BCUT2D eigenvalue weighted by atomic mass is 10.0. The minimum atomic E-state index is -4.87. The Morgan fingerprint density at radius 1 is 1.11 bits per heavy atom. The van der Waals surface area contributed by atoms with Crippen molar-refractivity contribution < 1.29 is 31.9 Å². The molecule has 1 N–H and O–H groups in total. The third kappa shape index (κ3) is 4.80. The smallest absolute Gasteiger partial charge is 0.417 e. The second-order valence-corrected chi connectivity index (χ2v) is 8.79. The Labute approximate surface area is 214 Å². The highest BCUT2D eigenvalue weighted by Gasteiger charge is 2.52. The van der Waals surface area contributed by atoms with E-state index in [2.05, 4.69) is 15.3 Å². The number of benzene rings is 2. The van der Waals surface area contributed by atoms with Gasteiger partial charge in [-0.15, -0.1) is 0 Å². The van der Waals surface area contributed by atoms with Crippen molar-refractivity contribution in [3.05, 3.63) is 71.3 Å². The maximum atomic E-state index is 14.1. The number of nitrogens with one attached hydrogen (secondary N) is 1. The maximum absolute atomic E-state index is 14.1. The van der Waals surface area contributed by atoms with Crippen LogP contribution in [0.25, 0.3) is 0 Å². The molecular weight excluding hydrogens is 508 g/mol. The van der Waals surface area contributed by atoms with Crippen molar-refractivity contribution in [2.24, 2.45) is 0 Å². The zero-order valence-electron chi connectivity index (χ0n) is 20.3. The Balaban J connectivity index is 1.68. The third-order valence-electron chi connectivity index (χ3n) is 6.00. The summed E-state index contributed by atoms with van der Waals surface area (Å²) in [5.74, 6) is -1.34. The number of carbonyl (C=O) groups is 2. The van der Waals surface area contributed by atoms with Gasteiger partial charge < -0.3 is 15.0 Å². The van der Waals surface area contributed by atoms with Crippen LogP contribution < -0.4 is 15.0 Å². The van der Waals surface area contributed by atoms with Crippen molar-refractivity contribution in [3.8, 4) is 12.1 Å². The van der Waals surface area contributed by atoms with E-state index in [1.807, 2.05) is 0 Å². The number of hydrogen-bond donors (Lipinski definition) is 1. The molecule has 0 spiro atoms. The molecule has 3 aromatic rings. The minimum absolute atomic E-state index is 0.120. The molecule has 1 aliphatic rings. The number of urea groups is 1. The number of imide groups is 1. The zero-order valence-corrected chi connectivity index (χ0v) is 20.3. The molecular formula is C25H20F4N6O3. The molecule has 1 fully saturated rings. The van der Waals surface area contributed by atoms with E-state index in [4.69, 9.17) is 10.00 Å². The van der Waals surface area contributed by atoms with E-state index in [1.54, 1.807) is 0 Å². The Hall–Kier alpha value is -4.73. The molecule has 13 heteroatoms. The summed E-state index contributed by atoms with van der Waals surface area (Å²) in [6.07, 6.45) is -2.07. The number of rotatable bonds is 6. The van der Waals surface area contributed by atoms with Gasteiger partial charge in [0.25, 0.3) is 5.91 Å². The van der Waals surface area contributed by atoms with Crippen LogP contribution in [0.5, 0.6) is 6.01 Å². The van der Waals surface area contributed by atoms with Crippen molar-refractivity contribution in [2.45, 2.75) is 32.1 Å². The Kier molecular flexibility index (Phi) is 6.67. The van der Waals surface area contributed by atoms with Crippen LogP contribution >= 0.6 is 0 Å². The molecule has 0 unspecified atom stereocenters. The van der Waals surface area contributed by atoms with Gasteiger partial charge in [0.05, 0.1) is 54.6 Å². The number of nitrogens with zero attached hydrogens (tertiary/aromatic N) is 5. The first kappa shape index (κ1) is 26.3. The third-order valence-corrected chi connectivity index (χ3v) is 6.00. The molecule has 1 saturated heterocycles. The Morgan fingerprint density at radius 3 is 2.39 bits per heavy atom. The molecule has 0 radical (unpaired) electrons. The lowest BCUT2D eigenvalue weighted by Gasteiger charge is -2.28. The molecule has 0 bridgehead atoms. The summed E-state index contributed by atoms with van der Waals surface area (Å²) in [6.45, 7) is 2.72. The summed E-state index contributed by atoms with van der Waals surface area (Å²) in [7, 11) is 1.40. The van der Waals surface area contributed by atoms with Crippen molar-refractivity contribution in [3.63, 3.8) is 0 Å². The number of amides is 3. The van der Waals surface area contributed by atoms with Gasteiger partial charge in [0.15, 0.2) is 0 Å². The highest BCUT2D eigenvalue weighted by molar-refractivity contribution is 6.23. The van der Waals surface area contributed by atoms with Gasteiger partial charge in [-0.2, -0.15) is 18.4 Å². The number of anilines is 3. The number of hydrogen-bond acceptors (Lipinski definition) is 7. The number of nitriles is 1. The SMILES string of the molecule is COc1ncc(Nc2cc(F)ccc2CN2C(=O)N(c3ccc(C#N)c(C(F)(F)F)c3)C(=O)C2(C)C)cn1. The molecule has 1 aliphatic heterocycles. The minimum Gasteiger partial charge on any atom is -0.467 e. The van der Waals surface area contributed by atoms with Gasteiger partial charge in [-0.25, -0.2) is 24.1 Å². The fourth-order valence-corrected chi connectivity index (χ4v) is 3.95. The lowest BCUT2D eigenvalue weighted by molar-refractivity contribution is -0.137. The van der Waals surface area contributed by atoms with E-state index in [0.29, 0.717) is 22.2 Å². The molecule has 3 amide bonds. The van der Waals surface area contributed by atoms with E-state index >= 15 is 0 Å². The average Bonchev–Trinajstić information content (AvgIpc) is 3.04. The lowest BCUT2D eigenvalue weighted by Crippen LogP contribution is -2.43. The first-order valence-electron chi connectivity index (χ1n) is 11.1. The van der Waals surface area contributed by atoms with Gasteiger partial charge >= 0.3 is 18.2 Å². The Morgan fingerprint density at radius 2 is 1.79 bits per heavy atom. The van der Waals surface area contributed by atoms with Crippen molar-refractivity contribution in [1.29, 1.82) is 5.26 Å². The largest absolute Gasteiger partial charge is 0.467 e. The fourth-order valence-electron chi connectivity index (χ4n) is 3.95. The summed E-state index contributed by atoms with van der Waals surface area (Å²) in [6, 6.07) is 7.11. The summed E-state index contributed by atoms with van der Waals surface area (Å²) >= 11 is 0. The molecule has 0 saturated carbocycles. The number of aromatic nitrogens is 2. The van der Waals surface area contributed by atoms with Crippen LogP contribution in [-0.2, 0) is 17.5 Å². The standard InChI is InChI=1S/C25H20F4N6O3/c1-24(2)21(36)35(18-7-5-14(10-30)19(9-18)25(27,28)29)23(37)34(24)13-15-4-6-16(26)8-20(15)33-17-11-31-22(38-3)32-12-17/h4-9,11-12,33H,13H2,1-3H3. The van der Waals surface area contributed by atoms with E-state index < -0.39 is 40.6 Å². The summed E-state index contributed by atoms with van der Waals surface area (Å²) in [5.41, 5.74) is -2.63. The first-order valence-corrected chi connectivity index (χ1v) is 11.1. The van der Waals surface area contributed by atoms with Crippen molar-refractivity contribution in [1.82, 2.24) is 14.9 Å². The molecule has 196 valence electrons. The number of ether oxygens (including phenoxy) is 1. The van der Waals surface area contributed by atoms with Crippen LogP contribution in [0.2, 0.25) is 0 Å². The summed E-state index contributed by atoms with van der Waals surface area (Å²) in [4.78, 5) is 36.4. The first-order chi connectivity index (χ1) is 17.9. The van der Waals surface area contributed by atoms with Gasteiger partial charge in [-0.3, -0.25) is 4.79 Å². The Bertz CT molecular complexity index is 1450. The number of alkyl halides is 3. The van der Waals surface area contributed by atoms with Crippen LogP contribution in [0.15, 0.2) is 48.8 Å². The van der Waals surface area contributed by atoms with Gasteiger partial charge in [0.1, 0.15) is 11.4 Å². The second-order valence-electron chi connectivity index (χ2n) is 8.79. The van der Waals surface area contributed by atoms with Crippen LogP contribution in [0.4, 0.5) is 39.4 Å². The van der Waals surface area contributed by atoms with Gasteiger partial charge in [-0.05, 0) is 49.7 Å². The number of carbonyl (C=O) groups excluding carboxylic acids is 2. The normalized spacial score (nSPS) is 15.0. The van der Waals surface area contributed by atoms with Gasteiger partial charge in [0.2, 0.25) is 0 Å².